The van der Waals surface area contributed by atoms with Crippen molar-refractivity contribution in [2.75, 3.05) is 6.54 Å². The van der Waals surface area contributed by atoms with Crippen LogP contribution < -0.4 is 5.32 Å². The Balaban J connectivity index is 1.74. The number of hydrogen-bond acceptors (Lipinski definition) is 4. The van der Waals surface area contributed by atoms with Crippen LogP contribution in [0, 0.1) is 6.92 Å². The van der Waals surface area contributed by atoms with Gasteiger partial charge in [0.2, 0.25) is 0 Å². The molecule has 2 aromatic rings. The summed E-state index contributed by atoms with van der Waals surface area (Å²) in [7, 11) is 1.96. The summed E-state index contributed by atoms with van der Waals surface area (Å²) < 4.78 is 1.89. The SMILES string of the molecule is Cc1ncsc1CCNCc1ccnn1C. The number of aryl methyl sites for hydroxylation is 2. The van der Waals surface area contributed by atoms with E-state index in [1.54, 1.807) is 11.3 Å². The zero-order valence-electron chi connectivity index (χ0n) is 9.60. The van der Waals surface area contributed by atoms with E-state index in [1.165, 1.54) is 10.6 Å². The minimum absolute atomic E-state index is 0.869. The highest BCUT2D eigenvalue weighted by Crippen LogP contribution is 2.11. The van der Waals surface area contributed by atoms with Gasteiger partial charge in [-0.15, -0.1) is 11.3 Å². The lowest BCUT2D eigenvalue weighted by atomic mass is 10.3. The summed E-state index contributed by atoms with van der Waals surface area (Å²) in [5.74, 6) is 0. The van der Waals surface area contributed by atoms with Crippen LogP contribution in [0.5, 0.6) is 0 Å². The van der Waals surface area contributed by atoms with E-state index in [-0.39, 0.29) is 0 Å². The highest BCUT2D eigenvalue weighted by molar-refractivity contribution is 7.09. The van der Waals surface area contributed by atoms with E-state index >= 15 is 0 Å². The Bertz CT molecular complexity index is 404. The summed E-state index contributed by atoms with van der Waals surface area (Å²) in [5, 5.41) is 7.54. The van der Waals surface area contributed by atoms with Gasteiger partial charge in [0.05, 0.1) is 16.9 Å². The molecule has 0 radical (unpaired) electrons. The highest BCUT2D eigenvalue weighted by Gasteiger charge is 2.01. The topological polar surface area (TPSA) is 42.7 Å². The molecular weight excluding hydrogens is 220 g/mol. The van der Waals surface area contributed by atoms with Crippen LogP contribution in [-0.4, -0.2) is 21.3 Å². The van der Waals surface area contributed by atoms with Gasteiger partial charge in [0.1, 0.15) is 0 Å². The molecule has 0 atom stereocenters. The van der Waals surface area contributed by atoms with Gasteiger partial charge in [0, 0.05) is 31.2 Å². The molecule has 0 aliphatic heterocycles. The normalized spacial score (nSPS) is 10.9. The van der Waals surface area contributed by atoms with E-state index in [1.807, 2.05) is 29.5 Å². The second kappa shape index (κ2) is 5.23. The molecule has 0 fully saturated rings. The zero-order valence-corrected chi connectivity index (χ0v) is 10.4. The molecule has 0 unspecified atom stereocenters. The van der Waals surface area contributed by atoms with E-state index < -0.39 is 0 Å². The van der Waals surface area contributed by atoms with Crippen LogP contribution in [0.1, 0.15) is 16.3 Å². The summed E-state index contributed by atoms with van der Waals surface area (Å²) in [6.07, 6.45) is 2.87. The van der Waals surface area contributed by atoms with Gasteiger partial charge in [-0.2, -0.15) is 5.10 Å². The van der Waals surface area contributed by atoms with Crippen molar-refractivity contribution in [2.24, 2.45) is 7.05 Å². The van der Waals surface area contributed by atoms with Gasteiger partial charge in [0.25, 0.3) is 0 Å². The molecule has 0 aromatic carbocycles. The van der Waals surface area contributed by atoms with Gasteiger partial charge in [-0.05, 0) is 19.4 Å². The molecule has 1 N–H and O–H groups in total. The first-order valence-corrected chi connectivity index (χ1v) is 6.22. The van der Waals surface area contributed by atoms with Crippen molar-refractivity contribution in [3.05, 3.63) is 34.0 Å². The third kappa shape index (κ3) is 2.68. The quantitative estimate of drug-likeness (QED) is 0.800. The van der Waals surface area contributed by atoms with Crippen LogP contribution in [0.2, 0.25) is 0 Å². The third-order valence-corrected chi connectivity index (χ3v) is 3.60. The highest BCUT2D eigenvalue weighted by atomic mass is 32.1. The molecule has 0 saturated carbocycles. The average molecular weight is 236 g/mol. The van der Waals surface area contributed by atoms with Crippen LogP contribution in [-0.2, 0) is 20.0 Å². The fourth-order valence-corrected chi connectivity index (χ4v) is 2.34. The van der Waals surface area contributed by atoms with Gasteiger partial charge in [-0.1, -0.05) is 0 Å². The maximum atomic E-state index is 4.24. The lowest BCUT2D eigenvalue weighted by Crippen LogP contribution is -2.18. The predicted molar refractivity (Wildman–Crippen MR) is 65.5 cm³/mol. The van der Waals surface area contributed by atoms with Crippen molar-refractivity contribution >= 4 is 11.3 Å². The summed E-state index contributed by atoms with van der Waals surface area (Å²) in [6.45, 7) is 3.91. The second-order valence-corrected chi connectivity index (χ2v) is 4.67. The molecule has 0 amide bonds. The first-order valence-electron chi connectivity index (χ1n) is 5.34. The van der Waals surface area contributed by atoms with Crippen LogP contribution in [0.3, 0.4) is 0 Å². The summed E-state index contributed by atoms with van der Waals surface area (Å²) in [6, 6.07) is 2.03. The van der Waals surface area contributed by atoms with Gasteiger partial charge in [0.15, 0.2) is 0 Å². The lowest BCUT2D eigenvalue weighted by Gasteiger charge is -2.04. The van der Waals surface area contributed by atoms with Crippen LogP contribution in [0.15, 0.2) is 17.8 Å². The smallest absolute Gasteiger partial charge is 0.0797 e. The Labute approximate surface area is 99.3 Å². The van der Waals surface area contributed by atoms with E-state index in [2.05, 4.69) is 22.3 Å². The van der Waals surface area contributed by atoms with E-state index in [0.717, 1.165) is 25.2 Å². The molecule has 2 heterocycles. The number of nitrogens with one attached hydrogen (secondary N) is 1. The molecule has 0 aliphatic carbocycles. The lowest BCUT2D eigenvalue weighted by molar-refractivity contribution is 0.626. The number of thiazole rings is 1. The molecule has 0 bridgehead atoms. The van der Waals surface area contributed by atoms with Crippen molar-refractivity contribution < 1.29 is 0 Å². The summed E-state index contributed by atoms with van der Waals surface area (Å²) >= 11 is 1.73. The monoisotopic (exact) mass is 236 g/mol. The number of hydrogen-bond donors (Lipinski definition) is 1. The largest absolute Gasteiger partial charge is 0.311 e. The fraction of sp³-hybridized carbons (Fsp3) is 0.455. The Morgan fingerprint density at radius 1 is 1.50 bits per heavy atom. The van der Waals surface area contributed by atoms with Gasteiger partial charge >= 0.3 is 0 Å². The average Bonchev–Trinajstić information content (AvgIpc) is 2.84. The molecular formula is C11H16N4S. The van der Waals surface area contributed by atoms with Crippen molar-refractivity contribution in [3.63, 3.8) is 0 Å². The molecule has 0 saturated heterocycles. The maximum Gasteiger partial charge on any atom is 0.0797 e. The van der Waals surface area contributed by atoms with Gasteiger partial charge < -0.3 is 5.32 Å². The fourth-order valence-electron chi connectivity index (χ4n) is 1.56. The van der Waals surface area contributed by atoms with Crippen molar-refractivity contribution in [2.45, 2.75) is 19.9 Å². The van der Waals surface area contributed by atoms with Crippen LogP contribution in [0.4, 0.5) is 0 Å². The second-order valence-electron chi connectivity index (χ2n) is 3.73. The number of rotatable bonds is 5. The molecule has 5 heteroatoms. The van der Waals surface area contributed by atoms with Crippen molar-refractivity contribution in [1.82, 2.24) is 20.1 Å². The zero-order chi connectivity index (χ0) is 11.4. The first kappa shape index (κ1) is 11.3. The number of aromatic nitrogens is 3. The summed E-state index contributed by atoms with van der Waals surface area (Å²) in [4.78, 5) is 5.61. The Hall–Kier alpha value is -1.20. The Morgan fingerprint density at radius 3 is 3.00 bits per heavy atom. The van der Waals surface area contributed by atoms with Gasteiger partial charge in [-0.3, -0.25) is 4.68 Å². The van der Waals surface area contributed by atoms with Crippen molar-refractivity contribution in [1.29, 1.82) is 0 Å². The molecule has 86 valence electrons. The standard InChI is InChI=1S/C11H16N4S/c1-9-11(16-8-13-9)4-5-12-7-10-3-6-14-15(10)2/h3,6,8,12H,4-5,7H2,1-2H3. The maximum absolute atomic E-state index is 4.24. The van der Waals surface area contributed by atoms with Crippen molar-refractivity contribution in [3.8, 4) is 0 Å². The molecule has 4 nitrogen and oxygen atoms in total. The van der Waals surface area contributed by atoms with E-state index in [4.69, 9.17) is 0 Å². The molecule has 0 spiro atoms. The van der Waals surface area contributed by atoms with E-state index in [0.29, 0.717) is 0 Å². The molecule has 2 aromatic heterocycles. The van der Waals surface area contributed by atoms with Crippen LogP contribution in [0.25, 0.3) is 0 Å². The Kier molecular flexibility index (Phi) is 3.69. The molecule has 2 rings (SSSR count). The third-order valence-electron chi connectivity index (χ3n) is 2.60. The predicted octanol–water partition coefficient (Wildman–Crippen LogP) is 1.52. The summed E-state index contributed by atoms with van der Waals surface area (Å²) in [5.41, 5.74) is 4.28. The minimum atomic E-state index is 0.869. The van der Waals surface area contributed by atoms with Crippen LogP contribution >= 0.6 is 11.3 Å². The minimum Gasteiger partial charge on any atom is -0.311 e. The molecule has 16 heavy (non-hydrogen) atoms. The van der Waals surface area contributed by atoms with E-state index in [9.17, 15) is 0 Å². The van der Waals surface area contributed by atoms with Gasteiger partial charge in [-0.25, -0.2) is 4.98 Å². The Morgan fingerprint density at radius 2 is 2.38 bits per heavy atom. The number of nitrogens with zero attached hydrogens (tertiary/aromatic N) is 3. The first-order chi connectivity index (χ1) is 7.77. The molecule has 0 aliphatic rings.